The Morgan fingerprint density at radius 2 is 1.80 bits per heavy atom. The van der Waals surface area contributed by atoms with E-state index in [4.69, 9.17) is 16.3 Å². The summed E-state index contributed by atoms with van der Waals surface area (Å²) in [6.07, 6.45) is -5.29. The molecule has 0 fully saturated rings. The molecule has 0 atom stereocenters. The average Bonchev–Trinajstić information content (AvgIpc) is 2.59. The number of nitrogens with one attached hydrogen (secondary N) is 3. The van der Waals surface area contributed by atoms with Crippen LogP contribution in [-0.2, 0) is 14.8 Å². The van der Waals surface area contributed by atoms with Crippen LogP contribution in [0.25, 0.3) is 0 Å². The van der Waals surface area contributed by atoms with Crippen molar-refractivity contribution in [2.45, 2.75) is 18.0 Å². The first-order chi connectivity index (χ1) is 13.8. The van der Waals surface area contributed by atoms with Crippen LogP contribution in [0.5, 0.6) is 6.01 Å². The Balaban J connectivity index is 2.30. The number of carbonyl (C=O) groups is 2. The molecule has 0 bridgehead atoms. The smallest absolute Gasteiger partial charge is 0.467 e. The number of benzene rings is 1. The number of aromatic nitrogens is 3. The first-order valence-electron chi connectivity index (χ1n) is 7.60. The number of carbonyl (C=O) groups excluding carboxylic acids is 2. The van der Waals surface area contributed by atoms with E-state index in [0.29, 0.717) is 0 Å². The molecule has 0 unspecified atom stereocenters. The molecule has 0 radical (unpaired) electrons. The molecule has 2 aromatic rings. The Labute approximate surface area is 172 Å². The molecule has 11 nitrogen and oxygen atoms in total. The molecule has 3 amide bonds. The van der Waals surface area contributed by atoms with Gasteiger partial charge in [-0.3, -0.25) is 10.1 Å². The van der Waals surface area contributed by atoms with Gasteiger partial charge >= 0.3 is 24.1 Å². The first-order valence-corrected chi connectivity index (χ1v) is 9.46. The van der Waals surface area contributed by atoms with E-state index < -0.39 is 43.7 Å². The van der Waals surface area contributed by atoms with Gasteiger partial charge in [0.25, 0.3) is 10.0 Å². The van der Waals surface area contributed by atoms with Gasteiger partial charge in [0.05, 0.1) is 17.8 Å². The van der Waals surface area contributed by atoms with E-state index in [-0.39, 0.29) is 17.8 Å². The number of hydrogen-bond donors (Lipinski definition) is 3. The number of amides is 3. The van der Waals surface area contributed by atoms with Crippen molar-refractivity contribution in [3.63, 3.8) is 0 Å². The summed E-state index contributed by atoms with van der Waals surface area (Å²) in [5.41, 5.74) is -0.789. The van der Waals surface area contributed by atoms with Crippen molar-refractivity contribution < 1.29 is 35.9 Å². The van der Waals surface area contributed by atoms with Gasteiger partial charge in [0.2, 0.25) is 5.95 Å². The molecule has 0 aliphatic carbocycles. The lowest BCUT2D eigenvalue weighted by atomic mass is 10.3. The number of anilines is 2. The third-order valence-corrected chi connectivity index (χ3v) is 4.96. The zero-order chi connectivity index (χ0) is 22.7. The number of halogens is 4. The summed E-state index contributed by atoms with van der Waals surface area (Å²) in [5.74, 6) is -2.65. The molecule has 3 N–H and O–H groups in total. The number of ether oxygens (including phenoxy) is 1. The molecular formula is C14H12ClF3N6O5S. The molecule has 0 aliphatic heterocycles. The summed E-state index contributed by atoms with van der Waals surface area (Å²) >= 11 is 5.78. The van der Waals surface area contributed by atoms with Gasteiger partial charge in [0.15, 0.2) is 0 Å². The van der Waals surface area contributed by atoms with Gasteiger partial charge in [-0.05, 0) is 19.1 Å². The second kappa shape index (κ2) is 8.66. The SMILES string of the molecule is COc1nc(C)nc(NC(=O)NS(=O)(=O)c2c(Cl)cccc2NC(=O)C(F)(F)F)n1. The molecule has 0 aliphatic rings. The van der Waals surface area contributed by atoms with Gasteiger partial charge in [0, 0.05) is 0 Å². The Bertz CT molecular complexity index is 1100. The van der Waals surface area contributed by atoms with Crippen LogP contribution >= 0.6 is 11.6 Å². The zero-order valence-electron chi connectivity index (χ0n) is 15.0. The number of urea groups is 1. The van der Waals surface area contributed by atoms with Crippen LogP contribution in [-0.4, -0.2) is 48.6 Å². The van der Waals surface area contributed by atoms with Crippen molar-refractivity contribution in [3.8, 4) is 6.01 Å². The predicted octanol–water partition coefficient (Wildman–Crippen LogP) is 1.85. The fraction of sp³-hybridized carbons (Fsp3) is 0.214. The fourth-order valence-electron chi connectivity index (χ4n) is 1.98. The Kier molecular flexibility index (Phi) is 6.66. The summed E-state index contributed by atoms with van der Waals surface area (Å²) in [7, 11) is -3.59. The quantitative estimate of drug-likeness (QED) is 0.601. The second-order valence-electron chi connectivity index (χ2n) is 5.32. The predicted molar refractivity (Wildman–Crippen MR) is 96.6 cm³/mol. The number of hydrogen-bond acceptors (Lipinski definition) is 8. The maximum absolute atomic E-state index is 12.5. The monoisotopic (exact) mass is 468 g/mol. The number of rotatable bonds is 5. The molecule has 162 valence electrons. The highest BCUT2D eigenvalue weighted by Gasteiger charge is 2.39. The van der Waals surface area contributed by atoms with Gasteiger partial charge in [-0.15, -0.1) is 0 Å². The van der Waals surface area contributed by atoms with E-state index >= 15 is 0 Å². The molecule has 16 heteroatoms. The second-order valence-corrected chi connectivity index (χ2v) is 7.35. The van der Waals surface area contributed by atoms with E-state index in [0.717, 1.165) is 18.2 Å². The standard InChI is InChI=1S/C14H12ClF3N6O5S/c1-6-19-11(23-13(20-6)29-2)22-12(26)24-30(27,28)9-7(15)4-3-5-8(9)21-10(25)14(16,17)18/h3-5H,1-2H3,(H,21,25)(H2,19,20,22,23,24,26). The highest BCUT2D eigenvalue weighted by Crippen LogP contribution is 2.30. The number of aryl methyl sites for hydroxylation is 1. The number of methoxy groups -OCH3 is 1. The molecule has 1 aromatic carbocycles. The maximum atomic E-state index is 12.5. The summed E-state index contributed by atoms with van der Waals surface area (Å²) in [5, 5.41) is 2.85. The minimum Gasteiger partial charge on any atom is -0.467 e. The van der Waals surface area contributed by atoms with Crippen LogP contribution in [0.2, 0.25) is 5.02 Å². The van der Waals surface area contributed by atoms with E-state index in [9.17, 15) is 31.2 Å². The van der Waals surface area contributed by atoms with Crippen molar-refractivity contribution in [3.05, 3.63) is 29.0 Å². The third-order valence-electron chi connectivity index (χ3n) is 3.10. The number of sulfonamides is 1. The van der Waals surface area contributed by atoms with Crippen molar-refractivity contribution in [1.29, 1.82) is 0 Å². The van der Waals surface area contributed by atoms with Gasteiger partial charge < -0.3 is 10.1 Å². The molecule has 0 spiro atoms. The Morgan fingerprint density at radius 3 is 2.40 bits per heavy atom. The number of nitrogens with zero attached hydrogens (tertiary/aromatic N) is 3. The fourth-order valence-corrected chi connectivity index (χ4v) is 3.59. The van der Waals surface area contributed by atoms with Crippen LogP contribution in [0, 0.1) is 6.92 Å². The summed E-state index contributed by atoms with van der Waals surface area (Å²) in [6, 6.07) is 1.48. The Morgan fingerprint density at radius 1 is 1.13 bits per heavy atom. The zero-order valence-corrected chi connectivity index (χ0v) is 16.6. The maximum Gasteiger partial charge on any atom is 0.471 e. The first kappa shape index (κ1) is 23.1. The van der Waals surface area contributed by atoms with E-state index in [1.54, 1.807) is 0 Å². The van der Waals surface area contributed by atoms with Crippen LogP contribution in [0.4, 0.5) is 29.6 Å². The van der Waals surface area contributed by atoms with Gasteiger partial charge in [0.1, 0.15) is 10.7 Å². The lowest BCUT2D eigenvalue weighted by Gasteiger charge is -2.15. The topological polar surface area (TPSA) is 152 Å². The van der Waals surface area contributed by atoms with Crippen LogP contribution in [0.3, 0.4) is 0 Å². The molecule has 0 saturated heterocycles. The van der Waals surface area contributed by atoms with Crippen molar-refractivity contribution >= 4 is 45.2 Å². The van der Waals surface area contributed by atoms with Gasteiger partial charge in [-0.2, -0.15) is 28.1 Å². The van der Waals surface area contributed by atoms with Crippen molar-refractivity contribution in [2.75, 3.05) is 17.7 Å². The Hall–Kier alpha value is -3.20. The summed E-state index contributed by atoms with van der Waals surface area (Å²) in [4.78, 5) is 33.5. The molecular weight excluding hydrogens is 457 g/mol. The van der Waals surface area contributed by atoms with E-state index in [1.165, 1.54) is 24.1 Å². The van der Waals surface area contributed by atoms with Crippen LogP contribution in [0.1, 0.15) is 5.82 Å². The van der Waals surface area contributed by atoms with Crippen molar-refractivity contribution in [2.24, 2.45) is 0 Å². The third kappa shape index (κ3) is 5.66. The highest BCUT2D eigenvalue weighted by atomic mass is 35.5. The van der Waals surface area contributed by atoms with E-state index in [2.05, 4.69) is 15.0 Å². The average molecular weight is 469 g/mol. The molecule has 0 saturated carbocycles. The molecule has 30 heavy (non-hydrogen) atoms. The number of alkyl halides is 3. The summed E-state index contributed by atoms with van der Waals surface area (Å²) in [6.45, 7) is 1.45. The van der Waals surface area contributed by atoms with Gasteiger partial charge in [-0.25, -0.2) is 17.9 Å². The van der Waals surface area contributed by atoms with E-state index in [1.807, 2.05) is 5.32 Å². The molecule has 2 rings (SSSR count). The highest BCUT2D eigenvalue weighted by molar-refractivity contribution is 7.90. The largest absolute Gasteiger partial charge is 0.471 e. The van der Waals surface area contributed by atoms with Gasteiger partial charge in [-0.1, -0.05) is 17.7 Å². The normalized spacial score (nSPS) is 11.5. The molecule has 1 aromatic heterocycles. The van der Waals surface area contributed by atoms with Crippen LogP contribution < -0.4 is 20.1 Å². The lowest BCUT2D eigenvalue weighted by Crippen LogP contribution is -2.36. The summed E-state index contributed by atoms with van der Waals surface area (Å²) < 4.78 is 68.9. The minimum absolute atomic E-state index is 0.142. The van der Waals surface area contributed by atoms with Crippen LogP contribution in [0.15, 0.2) is 23.1 Å². The minimum atomic E-state index is -5.29. The molecule has 1 heterocycles. The lowest BCUT2D eigenvalue weighted by molar-refractivity contribution is -0.167. The van der Waals surface area contributed by atoms with Crippen molar-refractivity contribution in [1.82, 2.24) is 19.7 Å².